The van der Waals surface area contributed by atoms with Crippen molar-refractivity contribution >= 4 is 16.6 Å². The molecule has 1 heterocycles. The summed E-state index contributed by atoms with van der Waals surface area (Å²) in [7, 11) is 0. The van der Waals surface area contributed by atoms with E-state index in [1.807, 2.05) is 53.8 Å². The van der Waals surface area contributed by atoms with Gasteiger partial charge in [0, 0.05) is 43.2 Å². The number of nitrogens with zero attached hydrogens (tertiary/aromatic N) is 1. The van der Waals surface area contributed by atoms with Gasteiger partial charge in [0.25, 0.3) is 0 Å². The van der Waals surface area contributed by atoms with Crippen LogP contribution in [0.4, 0.5) is 0 Å². The van der Waals surface area contributed by atoms with Gasteiger partial charge in [-0.2, -0.15) is 0 Å². The summed E-state index contributed by atoms with van der Waals surface area (Å²) in [4.78, 5) is 16.1. The minimum absolute atomic E-state index is 0. The second kappa shape index (κ2) is 12.6. The number of ketones is 1. The summed E-state index contributed by atoms with van der Waals surface area (Å²) in [5.41, 5.74) is 3.88. The maximum Gasteiger partial charge on any atom is 0.164 e. The summed E-state index contributed by atoms with van der Waals surface area (Å²) in [5, 5.41) is 12.0. The third-order valence-electron chi connectivity index (χ3n) is 5.89. The van der Waals surface area contributed by atoms with E-state index in [9.17, 15) is 9.90 Å². The molecule has 1 N–H and O–H groups in total. The average Bonchev–Trinajstić information content (AvgIpc) is 2.76. The number of hydrogen-bond acceptors (Lipinski definition) is 3. The molecular formula is C31H40IrNO2-. The van der Waals surface area contributed by atoms with Crippen molar-refractivity contribution in [2.75, 3.05) is 0 Å². The van der Waals surface area contributed by atoms with Gasteiger partial charge >= 0.3 is 0 Å². The number of carbonyl (C=O) groups excluding carboxylic acids is 1. The van der Waals surface area contributed by atoms with E-state index in [-0.39, 0.29) is 37.1 Å². The maximum absolute atomic E-state index is 11.5. The fourth-order valence-corrected chi connectivity index (χ4v) is 3.19. The molecule has 0 amide bonds. The van der Waals surface area contributed by atoms with E-state index in [0.717, 1.165) is 17.7 Å². The monoisotopic (exact) mass is 651 g/mol. The molecule has 35 heavy (non-hydrogen) atoms. The minimum atomic E-state index is -0.417. The van der Waals surface area contributed by atoms with Crippen LogP contribution in [0.3, 0.4) is 0 Å². The standard InChI is InChI=1S/C20H20N.C11H20O2.Ir/c1-4-15(3)18-9-14(2)10-19(11-18)20-12-16-7-5-6-8-17(16)13-21-20;1-10(2,3)8(12)7-9(13)11(4,5)6;/h5-9,11-13,15H,4H2,1-3H3;7,12H,1-6H3;/q-1;;/b;8-7-;. The van der Waals surface area contributed by atoms with Crippen LogP contribution in [0.2, 0.25) is 0 Å². The summed E-state index contributed by atoms with van der Waals surface area (Å²) in [6.07, 6.45) is 4.43. The van der Waals surface area contributed by atoms with Crippen LogP contribution in [-0.2, 0) is 24.9 Å². The smallest absolute Gasteiger partial charge is 0.164 e. The van der Waals surface area contributed by atoms with Crippen LogP contribution in [-0.4, -0.2) is 15.9 Å². The van der Waals surface area contributed by atoms with E-state index in [2.05, 4.69) is 68.2 Å². The number of aliphatic hydroxyl groups is 1. The Balaban J connectivity index is 0.000000383. The van der Waals surface area contributed by atoms with Crippen molar-refractivity contribution in [2.24, 2.45) is 10.8 Å². The van der Waals surface area contributed by atoms with E-state index in [0.29, 0.717) is 5.92 Å². The molecule has 3 nitrogen and oxygen atoms in total. The molecule has 4 heteroatoms. The normalized spacial score (nSPS) is 12.9. The quantitative estimate of drug-likeness (QED) is 0.175. The number of aromatic nitrogens is 1. The third-order valence-corrected chi connectivity index (χ3v) is 5.89. The first kappa shape index (κ1) is 30.7. The molecule has 0 aliphatic rings. The van der Waals surface area contributed by atoms with Crippen LogP contribution in [0.5, 0.6) is 0 Å². The summed E-state index contributed by atoms with van der Waals surface area (Å²) < 4.78 is 0. The summed E-state index contributed by atoms with van der Waals surface area (Å²) >= 11 is 0. The van der Waals surface area contributed by atoms with Crippen molar-refractivity contribution in [3.8, 4) is 11.3 Å². The first-order valence-corrected chi connectivity index (χ1v) is 12.1. The Morgan fingerprint density at radius 1 is 1.03 bits per heavy atom. The van der Waals surface area contributed by atoms with Gasteiger partial charge in [-0.1, -0.05) is 99.1 Å². The van der Waals surface area contributed by atoms with Crippen LogP contribution in [0.15, 0.2) is 60.5 Å². The van der Waals surface area contributed by atoms with Gasteiger partial charge in [0.1, 0.15) is 5.76 Å². The van der Waals surface area contributed by atoms with Gasteiger partial charge in [-0.15, -0.1) is 34.9 Å². The van der Waals surface area contributed by atoms with Gasteiger partial charge < -0.3 is 10.1 Å². The topological polar surface area (TPSA) is 50.2 Å². The Morgan fingerprint density at radius 3 is 2.17 bits per heavy atom. The zero-order chi connectivity index (χ0) is 25.7. The fourth-order valence-electron chi connectivity index (χ4n) is 3.19. The second-order valence-corrected chi connectivity index (χ2v) is 11.1. The van der Waals surface area contributed by atoms with Crippen molar-refractivity contribution < 1.29 is 30.0 Å². The van der Waals surface area contributed by atoms with E-state index in [4.69, 9.17) is 0 Å². The van der Waals surface area contributed by atoms with Crippen molar-refractivity contribution in [3.05, 3.63) is 77.7 Å². The molecule has 0 aliphatic carbocycles. The van der Waals surface area contributed by atoms with Gasteiger partial charge in [-0.25, -0.2) is 0 Å². The zero-order valence-corrected chi connectivity index (χ0v) is 25.0. The number of fused-ring (bicyclic) bond motifs is 1. The number of aliphatic hydroxyl groups excluding tert-OH is 1. The second-order valence-electron chi connectivity index (χ2n) is 11.1. The summed E-state index contributed by atoms with van der Waals surface area (Å²) in [6, 6.07) is 18.4. The van der Waals surface area contributed by atoms with E-state index < -0.39 is 5.41 Å². The van der Waals surface area contributed by atoms with Crippen molar-refractivity contribution in [1.82, 2.24) is 4.98 Å². The van der Waals surface area contributed by atoms with E-state index in [1.54, 1.807) is 0 Å². The van der Waals surface area contributed by atoms with Gasteiger partial charge in [-0.3, -0.25) is 4.79 Å². The maximum atomic E-state index is 11.5. The van der Waals surface area contributed by atoms with Crippen molar-refractivity contribution in [3.63, 3.8) is 0 Å². The first-order valence-electron chi connectivity index (χ1n) is 12.1. The molecule has 0 saturated heterocycles. The Labute approximate surface area is 225 Å². The third kappa shape index (κ3) is 9.02. The summed E-state index contributed by atoms with van der Waals surface area (Å²) in [5.74, 6) is 0.671. The molecule has 2 aromatic carbocycles. The van der Waals surface area contributed by atoms with Crippen LogP contribution in [0.25, 0.3) is 22.0 Å². The molecule has 1 atom stereocenters. The van der Waals surface area contributed by atoms with Gasteiger partial charge in [0.05, 0.1) is 0 Å². The van der Waals surface area contributed by atoms with Gasteiger partial charge in [0.2, 0.25) is 0 Å². The molecule has 0 fully saturated rings. The van der Waals surface area contributed by atoms with Gasteiger partial charge in [0.15, 0.2) is 5.78 Å². The number of carbonyl (C=O) groups is 1. The largest absolute Gasteiger partial charge is 0.512 e. The molecule has 1 unspecified atom stereocenters. The predicted molar refractivity (Wildman–Crippen MR) is 144 cm³/mol. The van der Waals surface area contributed by atoms with Crippen LogP contribution in [0.1, 0.15) is 78.9 Å². The molecule has 0 aliphatic heterocycles. The molecule has 3 rings (SSSR count). The molecule has 1 radical (unpaired) electrons. The number of pyridine rings is 1. The average molecular weight is 651 g/mol. The molecule has 0 spiro atoms. The Bertz CT molecular complexity index is 1170. The Kier molecular flexibility index (Phi) is 11.1. The number of hydrogen-bond donors (Lipinski definition) is 1. The number of benzene rings is 2. The summed E-state index contributed by atoms with van der Waals surface area (Å²) in [6.45, 7) is 17.7. The van der Waals surface area contributed by atoms with E-state index in [1.165, 1.54) is 28.0 Å². The van der Waals surface area contributed by atoms with Gasteiger partial charge in [-0.05, 0) is 22.4 Å². The molecular weight excluding hydrogens is 611 g/mol. The molecule has 191 valence electrons. The number of allylic oxidation sites excluding steroid dienone is 2. The van der Waals surface area contributed by atoms with Crippen molar-refractivity contribution in [1.29, 1.82) is 0 Å². The molecule has 3 aromatic rings. The van der Waals surface area contributed by atoms with Crippen LogP contribution < -0.4 is 0 Å². The minimum Gasteiger partial charge on any atom is -0.512 e. The molecule has 1 aromatic heterocycles. The van der Waals surface area contributed by atoms with Crippen LogP contribution >= 0.6 is 0 Å². The molecule has 0 bridgehead atoms. The van der Waals surface area contributed by atoms with Crippen molar-refractivity contribution in [2.45, 2.75) is 74.7 Å². The number of rotatable bonds is 4. The zero-order valence-electron chi connectivity index (χ0n) is 22.6. The van der Waals surface area contributed by atoms with Crippen LogP contribution in [0, 0.1) is 23.8 Å². The van der Waals surface area contributed by atoms with E-state index >= 15 is 0 Å². The Hall–Kier alpha value is -2.29. The first-order chi connectivity index (χ1) is 15.7. The fraction of sp³-hybridized carbons (Fsp3) is 0.419. The molecule has 0 saturated carbocycles. The SMILES string of the molecule is CC(C)(C)C(=O)/C=C(\O)C(C)(C)C.CCC(C)c1cc(C)[c-]c(-c2cc3ccccc3cn2)c1.[Ir]. The Morgan fingerprint density at radius 2 is 1.63 bits per heavy atom. The predicted octanol–water partition coefficient (Wildman–Crippen LogP) is 8.61. The number of aryl methyl sites for hydroxylation is 1.